The third kappa shape index (κ3) is 4.56. The van der Waals surface area contributed by atoms with Crippen molar-refractivity contribution in [3.05, 3.63) is 18.2 Å². The van der Waals surface area contributed by atoms with E-state index in [1.165, 1.54) is 0 Å². The molecule has 1 rings (SSSR count). The molecule has 0 fully saturated rings. The molecule has 0 unspecified atom stereocenters. The standard InChI is InChI=1S/C12H22N4O/c1-12(2,3)14-8-11(17)16(5)9-10-13-6-7-15(10)4/h6-7,14H,8-9H2,1-5H3. The van der Waals surface area contributed by atoms with Crippen LogP contribution in [0.5, 0.6) is 0 Å². The van der Waals surface area contributed by atoms with Gasteiger partial charge in [0.05, 0.1) is 13.1 Å². The molecule has 5 nitrogen and oxygen atoms in total. The molecule has 17 heavy (non-hydrogen) atoms. The number of hydrogen-bond donors (Lipinski definition) is 1. The molecule has 0 aliphatic carbocycles. The first-order chi connectivity index (χ1) is 7.79. The molecule has 0 aliphatic heterocycles. The lowest BCUT2D eigenvalue weighted by Gasteiger charge is -2.23. The number of likely N-dealkylation sites (N-methyl/N-ethyl adjacent to an activating group) is 1. The quantitative estimate of drug-likeness (QED) is 0.843. The highest BCUT2D eigenvalue weighted by atomic mass is 16.2. The molecule has 0 atom stereocenters. The van der Waals surface area contributed by atoms with E-state index in [1.54, 1.807) is 18.1 Å². The van der Waals surface area contributed by atoms with Crippen LogP contribution in [-0.2, 0) is 18.4 Å². The molecule has 0 aliphatic rings. The van der Waals surface area contributed by atoms with Gasteiger partial charge in [-0.3, -0.25) is 4.79 Å². The molecular formula is C12H22N4O. The van der Waals surface area contributed by atoms with Gasteiger partial charge >= 0.3 is 0 Å². The summed E-state index contributed by atoms with van der Waals surface area (Å²) < 4.78 is 1.92. The van der Waals surface area contributed by atoms with Crippen LogP contribution in [0, 0.1) is 0 Å². The van der Waals surface area contributed by atoms with Crippen LogP contribution in [0.2, 0.25) is 0 Å². The Balaban J connectivity index is 2.45. The van der Waals surface area contributed by atoms with Crippen LogP contribution >= 0.6 is 0 Å². The van der Waals surface area contributed by atoms with E-state index in [0.29, 0.717) is 13.1 Å². The van der Waals surface area contributed by atoms with Gasteiger partial charge in [0.2, 0.25) is 5.91 Å². The Kier molecular flexibility index (Phi) is 4.28. The highest BCUT2D eigenvalue weighted by Crippen LogP contribution is 2.01. The summed E-state index contributed by atoms with van der Waals surface area (Å²) in [5, 5.41) is 3.18. The summed E-state index contributed by atoms with van der Waals surface area (Å²) in [7, 11) is 3.72. The van der Waals surface area contributed by atoms with Crippen molar-refractivity contribution >= 4 is 5.91 Å². The van der Waals surface area contributed by atoms with E-state index in [9.17, 15) is 4.79 Å². The average Bonchev–Trinajstić information content (AvgIpc) is 2.59. The maximum Gasteiger partial charge on any atom is 0.236 e. The Morgan fingerprint density at radius 2 is 2.18 bits per heavy atom. The predicted octanol–water partition coefficient (Wildman–Crippen LogP) is 0.767. The molecule has 1 aromatic rings. The molecule has 1 amide bonds. The van der Waals surface area contributed by atoms with Crippen LogP contribution in [0.1, 0.15) is 26.6 Å². The lowest BCUT2D eigenvalue weighted by molar-refractivity contribution is -0.129. The minimum atomic E-state index is -0.0419. The summed E-state index contributed by atoms with van der Waals surface area (Å²) in [5.41, 5.74) is -0.0419. The van der Waals surface area contributed by atoms with Gasteiger partial charge in [-0.05, 0) is 20.8 Å². The third-order valence-corrected chi connectivity index (χ3v) is 2.50. The lowest BCUT2D eigenvalue weighted by atomic mass is 10.1. The zero-order chi connectivity index (χ0) is 13.1. The number of nitrogens with zero attached hydrogens (tertiary/aromatic N) is 3. The van der Waals surface area contributed by atoms with E-state index >= 15 is 0 Å². The smallest absolute Gasteiger partial charge is 0.236 e. The van der Waals surface area contributed by atoms with Gasteiger partial charge in [-0.2, -0.15) is 0 Å². The minimum Gasteiger partial charge on any atom is -0.337 e. The van der Waals surface area contributed by atoms with Crippen molar-refractivity contribution in [2.24, 2.45) is 7.05 Å². The second-order valence-electron chi connectivity index (χ2n) is 5.31. The zero-order valence-corrected chi connectivity index (χ0v) is 11.3. The van der Waals surface area contributed by atoms with Gasteiger partial charge in [0, 0.05) is 32.0 Å². The zero-order valence-electron chi connectivity index (χ0n) is 11.3. The molecule has 0 bridgehead atoms. The van der Waals surface area contributed by atoms with Crippen LogP contribution in [0.25, 0.3) is 0 Å². The Bertz CT molecular complexity index is 378. The topological polar surface area (TPSA) is 50.2 Å². The molecule has 0 radical (unpaired) electrons. The molecule has 1 heterocycles. The first kappa shape index (κ1) is 13.7. The number of rotatable bonds is 4. The van der Waals surface area contributed by atoms with Gasteiger partial charge in [0.1, 0.15) is 5.82 Å². The second-order valence-corrected chi connectivity index (χ2v) is 5.31. The summed E-state index contributed by atoms with van der Waals surface area (Å²) in [5.74, 6) is 0.958. The first-order valence-electron chi connectivity index (χ1n) is 5.75. The Morgan fingerprint density at radius 3 is 2.65 bits per heavy atom. The highest BCUT2D eigenvalue weighted by Gasteiger charge is 2.15. The van der Waals surface area contributed by atoms with E-state index in [0.717, 1.165) is 5.82 Å². The van der Waals surface area contributed by atoms with E-state index in [4.69, 9.17) is 0 Å². The molecule has 1 N–H and O–H groups in total. The number of amides is 1. The highest BCUT2D eigenvalue weighted by molar-refractivity contribution is 5.77. The van der Waals surface area contributed by atoms with Gasteiger partial charge < -0.3 is 14.8 Å². The van der Waals surface area contributed by atoms with Crippen molar-refractivity contribution < 1.29 is 4.79 Å². The van der Waals surface area contributed by atoms with Crippen molar-refractivity contribution in [1.29, 1.82) is 0 Å². The van der Waals surface area contributed by atoms with Crippen molar-refractivity contribution in [1.82, 2.24) is 19.8 Å². The van der Waals surface area contributed by atoms with Gasteiger partial charge in [-0.25, -0.2) is 4.98 Å². The average molecular weight is 238 g/mol. The SMILES string of the molecule is CN(Cc1nccn1C)C(=O)CNC(C)(C)C. The summed E-state index contributed by atoms with van der Waals surface area (Å²) >= 11 is 0. The second kappa shape index (κ2) is 5.31. The Labute approximate surface area is 103 Å². The summed E-state index contributed by atoms with van der Waals surface area (Å²) in [6, 6.07) is 0. The summed E-state index contributed by atoms with van der Waals surface area (Å²) in [4.78, 5) is 17.7. The number of carbonyl (C=O) groups is 1. The minimum absolute atomic E-state index is 0.0419. The molecule has 0 aromatic carbocycles. The lowest BCUT2D eigenvalue weighted by Crippen LogP contribution is -2.43. The number of aromatic nitrogens is 2. The normalized spacial score (nSPS) is 11.6. The molecule has 0 spiro atoms. The van der Waals surface area contributed by atoms with E-state index in [-0.39, 0.29) is 11.4 Å². The molecule has 0 saturated heterocycles. The van der Waals surface area contributed by atoms with Crippen LogP contribution in [0.3, 0.4) is 0 Å². The van der Waals surface area contributed by atoms with E-state index < -0.39 is 0 Å². The van der Waals surface area contributed by atoms with Crippen molar-refractivity contribution in [3.8, 4) is 0 Å². The van der Waals surface area contributed by atoms with Crippen molar-refractivity contribution in [2.75, 3.05) is 13.6 Å². The Hall–Kier alpha value is -1.36. The molecule has 96 valence electrons. The fourth-order valence-corrected chi connectivity index (χ4v) is 1.32. The third-order valence-electron chi connectivity index (χ3n) is 2.50. The Morgan fingerprint density at radius 1 is 1.53 bits per heavy atom. The number of hydrogen-bond acceptors (Lipinski definition) is 3. The summed E-state index contributed by atoms with van der Waals surface area (Å²) in [6.45, 7) is 7.01. The van der Waals surface area contributed by atoms with Crippen LogP contribution < -0.4 is 5.32 Å². The maximum absolute atomic E-state index is 11.9. The van der Waals surface area contributed by atoms with Crippen LogP contribution in [0.4, 0.5) is 0 Å². The van der Waals surface area contributed by atoms with Gasteiger partial charge in [0.15, 0.2) is 0 Å². The largest absolute Gasteiger partial charge is 0.337 e. The number of aryl methyl sites for hydroxylation is 1. The van der Waals surface area contributed by atoms with Crippen molar-refractivity contribution in [2.45, 2.75) is 32.9 Å². The van der Waals surface area contributed by atoms with Gasteiger partial charge in [0.25, 0.3) is 0 Å². The fourth-order valence-electron chi connectivity index (χ4n) is 1.32. The molecular weight excluding hydrogens is 216 g/mol. The number of carbonyl (C=O) groups excluding carboxylic acids is 1. The molecule has 0 saturated carbocycles. The van der Waals surface area contributed by atoms with Gasteiger partial charge in [-0.15, -0.1) is 0 Å². The van der Waals surface area contributed by atoms with E-state index in [1.807, 2.05) is 38.6 Å². The fraction of sp³-hybridized carbons (Fsp3) is 0.667. The number of nitrogens with one attached hydrogen (secondary N) is 1. The van der Waals surface area contributed by atoms with E-state index in [2.05, 4.69) is 10.3 Å². The van der Waals surface area contributed by atoms with Crippen LogP contribution in [0.15, 0.2) is 12.4 Å². The molecule has 1 aromatic heterocycles. The first-order valence-corrected chi connectivity index (χ1v) is 5.75. The summed E-state index contributed by atoms with van der Waals surface area (Å²) in [6.07, 6.45) is 3.61. The monoisotopic (exact) mass is 238 g/mol. The van der Waals surface area contributed by atoms with Crippen LogP contribution in [-0.4, -0.2) is 39.5 Å². The molecule has 5 heteroatoms. The maximum atomic E-state index is 11.9. The predicted molar refractivity (Wildman–Crippen MR) is 67.4 cm³/mol. The van der Waals surface area contributed by atoms with Crippen molar-refractivity contribution in [3.63, 3.8) is 0 Å². The number of imidazole rings is 1. The van der Waals surface area contributed by atoms with Gasteiger partial charge in [-0.1, -0.05) is 0 Å².